The van der Waals surface area contributed by atoms with Gasteiger partial charge < -0.3 is 15.4 Å². The molecule has 1 unspecified atom stereocenters. The Hall–Kier alpha value is -2.54. The van der Waals surface area contributed by atoms with Crippen molar-refractivity contribution in [2.45, 2.75) is 19.1 Å². The van der Waals surface area contributed by atoms with Gasteiger partial charge in [-0.2, -0.15) is 13.2 Å². The van der Waals surface area contributed by atoms with E-state index in [1.54, 1.807) is 25.2 Å². The van der Waals surface area contributed by atoms with Gasteiger partial charge in [-0.25, -0.2) is 0 Å². The van der Waals surface area contributed by atoms with E-state index in [4.69, 9.17) is 10.5 Å². The summed E-state index contributed by atoms with van der Waals surface area (Å²) >= 11 is 0. The van der Waals surface area contributed by atoms with Crippen LogP contribution in [0.4, 0.5) is 13.2 Å². The Morgan fingerprint density at radius 1 is 1.16 bits per heavy atom. The highest BCUT2D eigenvalue weighted by Crippen LogP contribution is 2.32. The lowest BCUT2D eigenvalue weighted by Crippen LogP contribution is -2.39. The molecular formula is C18H19F3N2O2. The number of likely N-dealkylation sites (N-methyl/N-ethyl adjacent to an activating group) is 1. The lowest BCUT2D eigenvalue weighted by Gasteiger charge is -2.23. The van der Waals surface area contributed by atoms with Crippen molar-refractivity contribution < 1.29 is 22.7 Å². The van der Waals surface area contributed by atoms with Crippen LogP contribution in [0.1, 0.15) is 22.8 Å². The molecule has 0 fully saturated rings. The van der Waals surface area contributed by atoms with E-state index in [0.717, 1.165) is 12.1 Å². The van der Waals surface area contributed by atoms with Crippen LogP contribution in [0.5, 0.6) is 11.5 Å². The van der Waals surface area contributed by atoms with Gasteiger partial charge in [0.15, 0.2) is 0 Å². The van der Waals surface area contributed by atoms with E-state index in [1.807, 2.05) is 6.92 Å². The first-order valence-corrected chi connectivity index (χ1v) is 7.64. The van der Waals surface area contributed by atoms with Gasteiger partial charge in [-0.05, 0) is 43.3 Å². The summed E-state index contributed by atoms with van der Waals surface area (Å²) in [5.74, 6) is 0.0783. The lowest BCUT2D eigenvalue weighted by molar-refractivity contribution is -0.137. The van der Waals surface area contributed by atoms with Gasteiger partial charge in [0.1, 0.15) is 11.5 Å². The number of carbonyl (C=O) groups excluding carboxylic acids is 1. The van der Waals surface area contributed by atoms with Crippen molar-refractivity contribution in [1.29, 1.82) is 0 Å². The monoisotopic (exact) mass is 352 g/mol. The molecule has 1 atom stereocenters. The van der Waals surface area contributed by atoms with Crippen molar-refractivity contribution in [3.63, 3.8) is 0 Å². The standard InChI is InChI=1S/C18H19F3N2O2/c1-12(11-22)23(2)17(24)13-5-3-7-15(9-13)25-16-8-4-6-14(10-16)18(19,20)21/h3-10,12H,11,22H2,1-2H3. The van der Waals surface area contributed by atoms with Crippen molar-refractivity contribution in [1.82, 2.24) is 4.90 Å². The van der Waals surface area contributed by atoms with E-state index >= 15 is 0 Å². The van der Waals surface area contributed by atoms with Gasteiger partial charge in [0.05, 0.1) is 5.56 Å². The average Bonchev–Trinajstić information content (AvgIpc) is 2.59. The van der Waals surface area contributed by atoms with Crippen LogP contribution in [-0.2, 0) is 6.18 Å². The second-order valence-electron chi connectivity index (χ2n) is 5.66. The molecule has 2 rings (SSSR count). The number of amides is 1. The minimum atomic E-state index is -4.45. The molecule has 4 nitrogen and oxygen atoms in total. The number of ether oxygens (including phenoxy) is 1. The largest absolute Gasteiger partial charge is 0.457 e. The SMILES string of the molecule is CC(CN)N(C)C(=O)c1cccc(Oc2cccc(C(F)(F)F)c2)c1. The summed E-state index contributed by atoms with van der Waals surface area (Å²) in [5, 5.41) is 0. The number of nitrogens with zero attached hydrogens (tertiary/aromatic N) is 1. The molecule has 0 radical (unpaired) electrons. The molecule has 0 saturated carbocycles. The Morgan fingerprint density at radius 2 is 1.76 bits per heavy atom. The Morgan fingerprint density at radius 3 is 2.36 bits per heavy atom. The predicted molar refractivity (Wildman–Crippen MR) is 88.6 cm³/mol. The summed E-state index contributed by atoms with van der Waals surface area (Å²) in [6, 6.07) is 10.7. The first-order chi connectivity index (χ1) is 11.7. The summed E-state index contributed by atoms with van der Waals surface area (Å²) in [6.07, 6.45) is -4.45. The second kappa shape index (κ2) is 7.57. The smallest absolute Gasteiger partial charge is 0.416 e. The Bertz CT molecular complexity index is 747. The fourth-order valence-corrected chi connectivity index (χ4v) is 2.13. The maximum atomic E-state index is 12.8. The van der Waals surface area contributed by atoms with Crippen LogP contribution in [0.3, 0.4) is 0 Å². The van der Waals surface area contributed by atoms with E-state index < -0.39 is 11.7 Å². The number of hydrogen-bond acceptors (Lipinski definition) is 3. The maximum Gasteiger partial charge on any atom is 0.416 e. The number of hydrogen-bond donors (Lipinski definition) is 1. The molecule has 0 aromatic heterocycles. The van der Waals surface area contributed by atoms with Gasteiger partial charge >= 0.3 is 6.18 Å². The highest BCUT2D eigenvalue weighted by molar-refractivity contribution is 5.94. The molecule has 2 aromatic carbocycles. The predicted octanol–water partition coefficient (Wildman–Crippen LogP) is 3.92. The molecule has 2 aromatic rings. The molecule has 0 aliphatic rings. The number of rotatable bonds is 5. The number of carbonyl (C=O) groups is 1. The highest BCUT2D eigenvalue weighted by atomic mass is 19.4. The molecule has 0 aliphatic carbocycles. The number of nitrogens with two attached hydrogens (primary N) is 1. The normalized spacial score (nSPS) is 12.6. The Labute approximate surface area is 144 Å². The van der Waals surface area contributed by atoms with Crippen molar-refractivity contribution >= 4 is 5.91 Å². The molecule has 0 aliphatic heterocycles. The van der Waals surface area contributed by atoms with Crippen LogP contribution in [0, 0.1) is 0 Å². The number of alkyl halides is 3. The van der Waals surface area contributed by atoms with Crippen molar-refractivity contribution in [3.8, 4) is 11.5 Å². The summed E-state index contributed by atoms with van der Waals surface area (Å²) in [7, 11) is 1.64. The van der Waals surface area contributed by atoms with Gasteiger partial charge in [-0.1, -0.05) is 12.1 Å². The van der Waals surface area contributed by atoms with Gasteiger partial charge in [-0.3, -0.25) is 4.79 Å². The first-order valence-electron chi connectivity index (χ1n) is 7.64. The van der Waals surface area contributed by atoms with Crippen LogP contribution >= 0.6 is 0 Å². The summed E-state index contributed by atoms with van der Waals surface area (Å²) in [6.45, 7) is 2.14. The van der Waals surface area contributed by atoms with Gasteiger partial charge in [0, 0.05) is 25.2 Å². The van der Waals surface area contributed by atoms with Crippen molar-refractivity contribution in [2.75, 3.05) is 13.6 Å². The molecule has 134 valence electrons. The molecule has 25 heavy (non-hydrogen) atoms. The minimum Gasteiger partial charge on any atom is -0.457 e. The van der Waals surface area contributed by atoms with Gasteiger partial charge in [0.25, 0.3) is 5.91 Å². The first kappa shape index (κ1) is 18.8. The average molecular weight is 352 g/mol. The van der Waals surface area contributed by atoms with Gasteiger partial charge in [0.2, 0.25) is 0 Å². The molecular weight excluding hydrogens is 333 g/mol. The maximum absolute atomic E-state index is 12.8. The number of benzene rings is 2. The number of halogens is 3. The van der Waals surface area contributed by atoms with Crippen molar-refractivity contribution in [3.05, 3.63) is 59.7 Å². The molecule has 0 spiro atoms. The molecule has 0 saturated heterocycles. The van der Waals surface area contributed by atoms with Gasteiger partial charge in [-0.15, -0.1) is 0 Å². The summed E-state index contributed by atoms with van der Waals surface area (Å²) in [5.41, 5.74) is 5.13. The third-order valence-electron chi connectivity index (χ3n) is 3.80. The third-order valence-corrected chi connectivity index (χ3v) is 3.80. The second-order valence-corrected chi connectivity index (χ2v) is 5.66. The Balaban J connectivity index is 2.21. The molecule has 2 N–H and O–H groups in total. The van der Waals surface area contributed by atoms with E-state index in [9.17, 15) is 18.0 Å². The summed E-state index contributed by atoms with van der Waals surface area (Å²) in [4.78, 5) is 13.9. The van der Waals surface area contributed by atoms with Crippen LogP contribution in [0.2, 0.25) is 0 Å². The zero-order chi connectivity index (χ0) is 18.6. The topological polar surface area (TPSA) is 55.6 Å². The quantitative estimate of drug-likeness (QED) is 0.887. The van der Waals surface area contributed by atoms with Crippen LogP contribution < -0.4 is 10.5 Å². The van der Waals surface area contributed by atoms with Crippen LogP contribution in [0.25, 0.3) is 0 Å². The van der Waals surface area contributed by atoms with Crippen LogP contribution in [0.15, 0.2) is 48.5 Å². The lowest BCUT2D eigenvalue weighted by atomic mass is 10.1. The zero-order valence-electron chi connectivity index (χ0n) is 13.9. The Kier molecular flexibility index (Phi) is 5.69. The van der Waals surface area contributed by atoms with E-state index in [0.29, 0.717) is 12.1 Å². The minimum absolute atomic E-state index is 0.0445. The van der Waals surface area contributed by atoms with Crippen molar-refractivity contribution in [2.24, 2.45) is 5.73 Å². The third kappa shape index (κ3) is 4.73. The molecule has 0 bridgehead atoms. The molecule has 7 heteroatoms. The van der Waals surface area contributed by atoms with E-state index in [1.165, 1.54) is 23.1 Å². The fourth-order valence-electron chi connectivity index (χ4n) is 2.13. The van der Waals surface area contributed by atoms with Crippen LogP contribution in [-0.4, -0.2) is 30.4 Å². The van der Waals surface area contributed by atoms with E-state index in [-0.39, 0.29) is 23.4 Å². The fraction of sp³-hybridized carbons (Fsp3) is 0.278. The highest BCUT2D eigenvalue weighted by Gasteiger charge is 2.30. The molecule has 1 amide bonds. The zero-order valence-corrected chi connectivity index (χ0v) is 13.9. The molecule has 0 heterocycles. The summed E-state index contributed by atoms with van der Waals surface area (Å²) < 4.78 is 43.8. The van der Waals surface area contributed by atoms with E-state index in [2.05, 4.69) is 0 Å².